The van der Waals surface area contributed by atoms with E-state index in [1.807, 2.05) is 19.9 Å². The maximum Gasteiger partial charge on any atom is 0.312 e. The van der Waals surface area contributed by atoms with Gasteiger partial charge in [0.05, 0.1) is 5.92 Å². The fourth-order valence-electron chi connectivity index (χ4n) is 3.96. The summed E-state index contributed by atoms with van der Waals surface area (Å²) in [6.07, 6.45) is 4.97. The quantitative estimate of drug-likeness (QED) is 0.600. The van der Waals surface area contributed by atoms with Crippen molar-refractivity contribution in [2.45, 2.75) is 64.5 Å². The number of nitrogens with zero attached hydrogens (tertiary/aromatic N) is 1. The van der Waals surface area contributed by atoms with Crippen LogP contribution in [0.2, 0.25) is 0 Å². The molecule has 0 saturated heterocycles. The van der Waals surface area contributed by atoms with Gasteiger partial charge in [0, 0.05) is 29.0 Å². The zero-order valence-corrected chi connectivity index (χ0v) is 15.4. The number of amides is 2. The van der Waals surface area contributed by atoms with E-state index in [0.29, 0.717) is 37.3 Å². The maximum atomic E-state index is 12.5. The van der Waals surface area contributed by atoms with Crippen molar-refractivity contribution < 1.29 is 19.1 Å². The number of aryl methyl sites for hydroxylation is 1. The van der Waals surface area contributed by atoms with E-state index < -0.39 is 6.03 Å². The molecule has 1 aromatic rings. The Kier molecular flexibility index (Phi) is 5.34. The Balaban J connectivity index is 1.50. The van der Waals surface area contributed by atoms with Gasteiger partial charge >= 0.3 is 12.0 Å². The average molecular weight is 361 g/mol. The molecule has 26 heavy (non-hydrogen) atoms. The second-order valence-electron chi connectivity index (χ2n) is 7.47. The number of nitrogens with two attached hydrogens (primary N) is 1. The summed E-state index contributed by atoms with van der Waals surface area (Å²) in [4.78, 5) is 35.6. The lowest BCUT2D eigenvalue weighted by atomic mass is 9.86. The number of esters is 1. The number of aromatic nitrogens is 1. The van der Waals surface area contributed by atoms with Gasteiger partial charge in [-0.2, -0.15) is 0 Å². The van der Waals surface area contributed by atoms with Crippen molar-refractivity contribution in [3.05, 3.63) is 23.0 Å². The number of carbonyl (C=O) groups excluding carboxylic acids is 3. The van der Waals surface area contributed by atoms with Crippen molar-refractivity contribution in [1.29, 1.82) is 0 Å². The normalized spacial score (nSPS) is 22.7. The van der Waals surface area contributed by atoms with E-state index in [9.17, 15) is 14.4 Å². The average Bonchev–Trinajstić information content (AvgIpc) is 3.37. The predicted octanol–water partition coefficient (Wildman–Crippen LogP) is 2.39. The fourth-order valence-corrected chi connectivity index (χ4v) is 3.96. The molecular formula is C19H27N3O4. The van der Waals surface area contributed by atoms with Crippen molar-refractivity contribution >= 4 is 17.8 Å². The van der Waals surface area contributed by atoms with Crippen LogP contribution in [-0.2, 0) is 9.53 Å². The number of urea groups is 1. The van der Waals surface area contributed by atoms with Crippen LogP contribution in [0.15, 0.2) is 6.07 Å². The van der Waals surface area contributed by atoms with Gasteiger partial charge in [-0.3, -0.25) is 9.59 Å². The van der Waals surface area contributed by atoms with Crippen LogP contribution in [0, 0.1) is 19.8 Å². The molecule has 142 valence electrons. The molecule has 0 aromatic carbocycles. The van der Waals surface area contributed by atoms with Gasteiger partial charge in [-0.05, 0) is 58.4 Å². The molecule has 2 fully saturated rings. The Morgan fingerprint density at radius 1 is 1.15 bits per heavy atom. The van der Waals surface area contributed by atoms with E-state index in [2.05, 4.69) is 9.88 Å². The number of carbonyl (C=O) groups is 3. The minimum atomic E-state index is -0.537. The second kappa shape index (κ2) is 7.51. The first-order valence-corrected chi connectivity index (χ1v) is 9.31. The number of Topliss-reactive ketones (excluding diaryl/α,β-unsaturated/α-hetero) is 1. The SMILES string of the molecule is Cc1cc(C(=O)COC(=O)C2CCC(NC(N)=O)CC2)c(C)n1C1CC1. The van der Waals surface area contributed by atoms with Gasteiger partial charge in [-0.1, -0.05) is 0 Å². The van der Waals surface area contributed by atoms with Crippen LogP contribution >= 0.6 is 0 Å². The summed E-state index contributed by atoms with van der Waals surface area (Å²) in [5, 5.41) is 2.67. The standard InChI is InChI=1S/C19H27N3O4/c1-11-9-16(12(2)22(11)15-7-8-15)17(23)10-26-18(24)13-3-5-14(6-4-13)21-19(20)25/h9,13-15H,3-8,10H2,1-2H3,(H3,20,21,25). The van der Waals surface area contributed by atoms with Gasteiger partial charge in [-0.15, -0.1) is 0 Å². The molecule has 2 aliphatic carbocycles. The maximum absolute atomic E-state index is 12.5. The summed E-state index contributed by atoms with van der Waals surface area (Å²) >= 11 is 0. The molecule has 2 saturated carbocycles. The highest BCUT2D eigenvalue weighted by molar-refractivity contribution is 5.99. The first kappa shape index (κ1) is 18.5. The highest BCUT2D eigenvalue weighted by Crippen LogP contribution is 2.38. The third-order valence-electron chi connectivity index (χ3n) is 5.45. The highest BCUT2D eigenvalue weighted by atomic mass is 16.5. The number of ether oxygens (including phenoxy) is 1. The minimum Gasteiger partial charge on any atom is -0.457 e. The zero-order chi connectivity index (χ0) is 18.8. The van der Waals surface area contributed by atoms with Gasteiger partial charge in [-0.25, -0.2) is 4.79 Å². The van der Waals surface area contributed by atoms with Gasteiger partial charge in [0.15, 0.2) is 6.61 Å². The van der Waals surface area contributed by atoms with E-state index in [1.54, 1.807) is 0 Å². The summed E-state index contributed by atoms with van der Waals surface area (Å²) in [6, 6.07) is 1.89. The molecule has 1 heterocycles. The lowest BCUT2D eigenvalue weighted by Crippen LogP contribution is -2.41. The number of primary amides is 1. The van der Waals surface area contributed by atoms with Crippen molar-refractivity contribution in [2.75, 3.05) is 6.61 Å². The Bertz CT molecular complexity index is 713. The van der Waals surface area contributed by atoms with Crippen LogP contribution < -0.4 is 11.1 Å². The van der Waals surface area contributed by atoms with E-state index in [4.69, 9.17) is 10.5 Å². The van der Waals surface area contributed by atoms with Crippen LogP contribution in [0.1, 0.15) is 66.3 Å². The molecule has 0 aliphatic heterocycles. The molecule has 3 rings (SSSR count). The van der Waals surface area contributed by atoms with Gasteiger partial charge in [0.1, 0.15) is 0 Å². The fraction of sp³-hybridized carbons (Fsp3) is 0.632. The monoisotopic (exact) mass is 361 g/mol. The summed E-state index contributed by atoms with van der Waals surface area (Å²) in [6.45, 7) is 3.74. The Labute approximate surface area is 153 Å². The lowest BCUT2D eigenvalue weighted by Gasteiger charge is -2.27. The molecule has 0 unspecified atom stereocenters. The van der Waals surface area contributed by atoms with Crippen LogP contribution in [-0.4, -0.2) is 35.0 Å². The van der Waals surface area contributed by atoms with Crippen LogP contribution in [0.3, 0.4) is 0 Å². The first-order valence-electron chi connectivity index (χ1n) is 9.31. The van der Waals surface area contributed by atoms with Crippen molar-refractivity contribution in [2.24, 2.45) is 11.7 Å². The number of nitrogens with one attached hydrogen (secondary N) is 1. The summed E-state index contributed by atoms with van der Waals surface area (Å²) in [5.41, 5.74) is 7.82. The van der Waals surface area contributed by atoms with Gasteiger partial charge in [0.25, 0.3) is 0 Å². The number of hydrogen-bond acceptors (Lipinski definition) is 4. The molecule has 2 aliphatic rings. The summed E-state index contributed by atoms with van der Waals surface area (Å²) < 4.78 is 7.49. The van der Waals surface area contributed by atoms with Gasteiger partial charge in [0.2, 0.25) is 5.78 Å². The van der Waals surface area contributed by atoms with Crippen molar-refractivity contribution in [1.82, 2.24) is 9.88 Å². The summed E-state index contributed by atoms with van der Waals surface area (Å²) in [5.74, 6) is -0.693. The van der Waals surface area contributed by atoms with E-state index in [0.717, 1.165) is 24.2 Å². The van der Waals surface area contributed by atoms with E-state index in [1.165, 1.54) is 0 Å². The number of ketones is 1. The third kappa shape index (κ3) is 4.08. The molecule has 1 aromatic heterocycles. The Morgan fingerprint density at radius 3 is 2.38 bits per heavy atom. The van der Waals surface area contributed by atoms with Crippen LogP contribution in [0.4, 0.5) is 4.79 Å². The highest BCUT2D eigenvalue weighted by Gasteiger charge is 2.30. The largest absolute Gasteiger partial charge is 0.457 e. The minimum absolute atomic E-state index is 0.0194. The molecule has 2 amide bonds. The molecule has 0 radical (unpaired) electrons. The number of rotatable bonds is 6. The van der Waals surface area contributed by atoms with Crippen LogP contribution in [0.5, 0.6) is 0 Å². The van der Waals surface area contributed by atoms with Crippen molar-refractivity contribution in [3.8, 4) is 0 Å². The zero-order valence-electron chi connectivity index (χ0n) is 15.4. The third-order valence-corrected chi connectivity index (χ3v) is 5.45. The van der Waals surface area contributed by atoms with Crippen molar-refractivity contribution in [3.63, 3.8) is 0 Å². The molecule has 7 heteroatoms. The molecule has 7 nitrogen and oxygen atoms in total. The van der Waals surface area contributed by atoms with E-state index in [-0.39, 0.29) is 30.3 Å². The predicted molar refractivity (Wildman–Crippen MR) is 95.9 cm³/mol. The van der Waals surface area contributed by atoms with E-state index >= 15 is 0 Å². The van der Waals surface area contributed by atoms with Gasteiger partial charge < -0.3 is 20.4 Å². The summed E-state index contributed by atoms with van der Waals surface area (Å²) in [7, 11) is 0. The molecule has 0 bridgehead atoms. The molecular weight excluding hydrogens is 334 g/mol. The smallest absolute Gasteiger partial charge is 0.312 e. The molecule has 3 N–H and O–H groups in total. The lowest BCUT2D eigenvalue weighted by molar-refractivity contribution is -0.148. The topological polar surface area (TPSA) is 103 Å². The molecule has 0 atom stereocenters. The second-order valence-corrected chi connectivity index (χ2v) is 7.47. The van der Waals surface area contributed by atoms with Crippen LogP contribution in [0.25, 0.3) is 0 Å². The Morgan fingerprint density at radius 2 is 1.81 bits per heavy atom. The molecule has 0 spiro atoms. The Hall–Kier alpha value is -2.31. The number of hydrogen-bond donors (Lipinski definition) is 2. The first-order chi connectivity index (χ1) is 12.4.